The van der Waals surface area contributed by atoms with Crippen molar-refractivity contribution in [3.63, 3.8) is 0 Å². The SMILES string of the molecule is CC1(Nc2ncc(C#N)c(S(C)(=O)=O)n2)CC1. The van der Waals surface area contributed by atoms with Crippen molar-refractivity contribution < 1.29 is 8.42 Å². The summed E-state index contributed by atoms with van der Waals surface area (Å²) in [5.74, 6) is 0.254. The van der Waals surface area contributed by atoms with Crippen LogP contribution in [0.3, 0.4) is 0 Å². The van der Waals surface area contributed by atoms with Gasteiger partial charge in [0.15, 0.2) is 14.9 Å². The topological polar surface area (TPSA) is 95.7 Å². The molecule has 1 N–H and O–H groups in total. The van der Waals surface area contributed by atoms with Gasteiger partial charge in [0, 0.05) is 11.8 Å². The van der Waals surface area contributed by atoms with Crippen molar-refractivity contribution in [1.82, 2.24) is 9.97 Å². The summed E-state index contributed by atoms with van der Waals surface area (Å²) in [4.78, 5) is 7.85. The molecule has 1 saturated carbocycles. The highest BCUT2D eigenvalue weighted by Crippen LogP contribution is 2.37. The van der Waals surface area contributed by atoms with Gasteiger partial charge in [-0.05, 0) is 19.8 Å². The molecule has 7 heteroatoms. The lowest BCUT2D eigenvalue weighted by molar-refractivity contribution is 0.597. The molecule has 0 amide bonds. The molecule has 0 aliphatic heterocycles. The van der Waals surface area contributed by atoms with E-state index in [2.05, 4.69) is 15.3 Å². The van der Waals surface area contributed by atoms with Crippen molar-refractivity contribution in [1.29, 1.82) is 5.26 Å². The molecule has 0 saturated heterocycles. The van der Waals surface area contributed by atoms with E-state index >= 15 is 0 Å². The van der Waals surface area contributed by atoms with Gasteiger partial charge in [0.05, 0.1) is 6.20 Å². The number of rotatable bonds is 3. The van der Waals surface area contributed by atoms with E-state index in [1.165, 1.54) is 6.20 Å². The van der Waals surface area contributed by atoms with Gasteiger partial charge in [0.1, 0.15) is 11.6 Å². The molecule has 90 valence electrons. The third-order valence-corrected chi connectivity index (χ3v) is 3.65. The molecular weight excluding hydrogens is 240 g/mol. The highest BCUT2D eigenvalue weighted by atomic mass is 32.2. The zero-order chi connectivity index (χ0) is 12.7. The first-order valence-corrected chi connectivity index (χ1v) is 6.99. The Balaban J connectivity index is 2.42. The van der Waals surface area contributed by atoms with Crippen molar-refractivity contribution in [2.24, 2.45) is 0 Å². The predicted molar refractivity (Wildman–Crippen MR) is 61.1 cm³/mol. The van der Waals surface area contributed by atoms with Crippen molar-refractivity contribution in [3.8, 4) is 6.07 Å². The third kappa shape index (κ3) is 2.53. The molecule has 6 nitrogen and oxygen atoms in total. The third-order valence-electron chi connectivity index (χ3n) is 2.64. The fourth-order valence-corrected chi connectivity index (χ4v) is 2.12. The first kappa shape index (κ1) is 11.8. The quantitative estimate of drug-likeness (QED) is 0.796. The van der Waals surface area contributed by atoms with E-state index in [1.807, 2.05) is 6.92 Å². The number of hydrogen-bond acceptors (Lipinski definition) is 6. The van der Waals surface area contributed by atoms with Crippen molar-refractivity contribution >= 4 is 15.8 Å². The minimum Gasteiger partial charge on any atom is -0.349 e. The number of nitriles is 1. The molecule has 0 atom stereocenters. The zero-order valence-electron chi connectivity index (χ0n) is 9.56. The van der Waals surface area contributed by atoms with Gasteiger partial charge in [-0.25, -0.2) is 13.4 Å². The summed E-state index contributed by atoms with van der Waals surface area (Å²) in [6.07, 6.45) is 4.27. The summed E-state index contributed by atoms with van der Waals surface area (Å²) in [7, 11) is -3.52. The number of hydrogen-bond donors (Lipinski definition) is 1. The molecule has 0 bridgehead atoms. The number of aromatic nitrogens is 2. The second kappa shape index (κ2) is 3.67. The fourth-order valence-electron chi connectivity index (χ4n) is 1.37. The first-order chi connectivity index (χ1) is 7.84. The predicted octanol–water partition coefficient (Wildman–Crippen LogP) is 0.716. The van der Waals surface area contributed by atoms with Crippen LogP contribution in [0.4, 0.5) is 5.95 Å². The lowest BCUT2D eigenvalue weighted by Crippen LogP contribution is -2.19. The van der Waals surface area contributed by atoms with Crippen molar-refractivity contribution in [2.75, 3.05) is 11.6 Å². The second-order valence-electron chi connectivity index (χ2n) is 4.48. The Hall–Kier alpha value is -1.68. The second-order valence-corrected chi connectivity index (χ2v) is 6.41. The molecule has 2 rings (SSSR count). The molecule has 1 heterocycles. The molecule has 1 aromatic rings. The Morgan fingerprint density at radius 1 is 1.53 bits per heavy atom. The fraction of sp³-hybridized carbons (Fsp3) is 0.500. The first-order valence-electron chi connectivity index (χ1n) is 5.09. The Bertz CT molecular complexity index is 599. The molecule has 1 fully saturated rings. The van der Waals surface area contributed by atoms with E-state index in [4.69, 9.17) is 5.26 Å². The summed E-state index contributed by atoms with van der Waals surface area (Å²) in [5, 5.41) is 11.6. The van der Waals surface area contributed by atoms with Gasteiger partial charge in [0.2, 0.25) is 5.95 Å². The van der Waals surface area contributed by atoms with Crippen LogP contribution in [0.2, 0.25) is 0 Å². The Morgan fingerprint density at radius 3 is 2.65 bits per heavy atom. The molecular formula is C10H12N4O2S. The number of nitrogens with zero attached hydrogens (tertiary/aromatic N) is 3. The van der Waals surface area contributed by atoms with Gasteiger partial charge in [-0.1, -0.05) is 0 Å². The van der Waals surface area contributed by atoms with E-state index in [0.717, 1.165) is 19.1 Å². The highest BCUT2D eigenvalue weighted by molar-refractivity contribution is 7.90. The van der Waals surface area contributed by atoms with E-state index in [1.54, 1.807) is 6.07 Å². The summed E-state index contributed by atoms with van der Waals surface area (Å²) in [5.41, 5.74) is -0.0675. The smallest absolute Gasteiger partial charge is 0.224 e. The number of sulfone groups is 1. The van der Waals surface area contributed by atoms with E-state index in [0.29, 0.717) is 0 Å². The van der Waals surface area contributed by atoms with E-state index < -0.39 is 9.84 Å². The Kier molecular flexibility index (Phi) is 2.54. The van der Waals surface area contributed by atoms with Gasteiger partial charge in [-0.3, -0.25) is 0 Å². The zero-order valence-corrected chi connectivity index (χ0v) is 10.4. The lowest BCUT2D eigenvalue weighted by atomic mass is 10.3. The van der Waals surface area contributed by atoms with Crippen LogP contribution in [0.15, 0.2) is 11.2 Å². The maximum Gasteiger partial charge on any atom is 0.224 e. The van der Waals surface area contributed by atoms with Gasteiger partial charge < -0.3 is 5.32 Å². The van der Waals surface area contributed by atoms with Gasteiger partial charge in [-0.15, -0.1) is 0 Å². The molecule has 17 heavy (non-hydrogen) atoms. The normalized spacial score (nSPS) is 17.2. The minimum atomic E-state index is -3.52. The van der Waals surface area contributed by atoms with Crippen LogP contribution >= 0.6 is 0 Å². The minimum absolute atomic E-state index is 0.0287. The lowest BCUT2D eigenvalue weighted by Gasteiger charge is -2.11. The standard InChI is InChI=1S/C10H12N4O2S/c1-10(3-4-10)14-9-12-6-7(5-11)8(13-9)17(2,15)16/h6H,3-4H2,1-2H3,(H,12,13,14). The highest BCUT2D eigenvalue weighted by Gasteiger charge is 2.38. The molecule has 0 aromatic carbocycles. The van der Waals surface area contributed by atoms with E-state index in [-0.39, 0.29) is 22.1 Å². The largest absolute Gasteiger partial charge is 0.349 e. The Labute approximate surface area is 99.6 Å². The Morgan fingerprint density at radius 2 is 2.18 bits per heavy atom. The van der Waals surface area contributed by atoms with Gasteiger partial charge in [0.25, 0.3) is 0 Å². The van der Waals surface area contributed by atoms with Gasteiger partial charge in [-0.2, -0.15) is 10.2 Å². The number of anilines is 1. The summed E-state index contributed by atoms with van der Waals surface area (Å²) in [6, 6.07) is 1.78. The maximum absolute atomic E-state index is 11.5. The van der Waals surface area contributed by atoms with Crippen LogP contribution in [0, 0.1) is 11.3 Å². The average molecular weight is 252 g/mol. The van der Waals surface area contributed by atoms with Crippen LogP contribution in [0.25, 0.3) is 0 Å². The molecule has 0 spiro atoms. The molecule has 0 radical (unpaired) electrons. The van der Waals surface area contributed by atoms with Crippen molar-refractivity contribution in [2.45, 2.75) is 30.3 Å². The molecule has 1 aromatic heterocycles. The van der Waals surface area contributed by atoms with Crippen molar-refractivity contribution in [3.05, 3.63) is 11.8 Å². The number of nitrogens with one attached hydrogen (secondary N) is 1. The monoisotopic (exact) mass is 252 g/mol. The average Bonchev–Trinajstić information content (AvgIpc) is 2.95. The van der Waals surface area contributed by atoms with Gasteiger partial charge >= 0.3 is 0 Å². The van der Waals surface area contributed by atoms with Crippen LogP contribution in [-0.2, 0) is 9.84 Å². The molecule has 0 unspecified atom stereocenters. The van der Waals surface area contributed by atoms with Crippen LogP contribution in [0.1, 0.15) is 25.3 Å². The molecule has 1 aliphatic rings. The van der Waals surface area contributed by atoms with Crippen LogP contribution < -0.4 is 5.32 Å². The van der Waals surface area contributed by atoms with E-state index in [9.17, 15) is 8.42 Å². The summed E-state index contributed by atoms with van der Waals surface area (Å²) >= 11 is 0. The molecule has 1 aliphatic carbocycles. The van der Waals surface area contributed by atoms with Crippen LogP contribution in [-0.4, -0.2) is 30.2 Å². The summed E-state index contributed by atoms with van der Waals surface area (Å²) < 4.78 is 23.0. The maximum atomic E-state index is 11.5. The van der Waals surface area contributed by atoms with Crippen LogP contribution in [0.5, 0.6) is 0 Å². The summed E-state index contributed by atoms with van der Waals surface area (Å²) in [6.45, 7) is 2.01.